The number of phenols is 1. The number of Topliss-reactive ketones (excluding diaryl/α,β-unsaturated/α-hetero) is 2. The summed E-state index contributed by atoms with van der Waals surface area (Å²) in [6, 6.07) is 1.30. The van der Waals surface area contributed by atoms with Gasteiger partial charge in [-0.2, -0.15) is 8.42 Å². The van der Waals surface area contributed by atoms with E-state index in [9.17, 15) is 39.9 Å². The summed E-state index contributed by atoms with van der Waals surface area (Å²) in [6.45, 7) is 1.34. The van der Waals surface area contributed by atoms with E-state index < -0.39 is 85.4 Å². The molecule has 3 aliphatic carbocycles. The molecule has 14 nitrogen and oxygen atoms in total. The number of amides is 1. The first kappa shape index (κ1) is 29.5. The van der Waals surface area contributed by atoms with Crippen molar-refractivity contribution < 1.29 is 57.4 Å². The van der Waals surface area contributed by atoms with Gasteiger partial charge in [-0.25, -0.2) is 0 Å². The maximum atomic E-state index is 13.4. The second-order valence-electron chi connectivity index (χ2n) is 9.53. The third-order valence-electron chi connectivity index (χ3n) is 7.07. The predicted octanol–water partition coefficient (Wildman–Crippen LogP) is -0.214. The van der Waals surface area contributed by atoms with Crippen LogP contribution < -0.4 is 5.73 Å². The molecule has 0 aromatic heterocycles. The minimum Gasteiger partial charge on any atom is -0.510 e. The molecular weight excluding hydrogens is 552 g/mol. The van der Waals surface area contributed by atoms with Crippen LogP contribution in [0.25, 0.3) is 0 Å². The Labute approximate surface area is 220 Å². The number of likely N-dealkylation sites (N-methyl/N-ethyl adjacent to an activating group) is 1. The molecule has 5 atom stereocenters. The van der Waals surface area contributed by atoms with E-state index in [1.54, 1.807) is 0 Å². The van der Waals surface area contributed by atoms with E-state index in [4.69, 9.17) is 34.9 Å². The molecule has 1 amide bonds. The van der Waals surface area contributed by atoms with Crippen LogP contribution in [0.2, 0.25) is 5.02 Å². The molecule has 9 N–H and O–H groups in total. The van der Waals surface area contributed by atoms with E-state index in [0.29, 0.717) is 0 Å². The van der Waals surface area contributed by atoms with E-state index in [2.05, 4.69) is 0 Å². The lowest BCUT2D eigenvalue weighted by Gasteiger charge is -2.52. The minimum absolute atomic E-state index is 0.00293. The molecular formula is C22H25ClN2O12S. The van der Waals surface area contributed by atoms with Gasteiger partial charge in [-0.05, 0) is 39.6 Å². The molecule has 1 aromatic carbocycles. The zero-order valence-corrected chi connectivity index (χ0v) is 21.6. The number of hydrogen-bond acceptors (Lipinski definition) is 11. The van der Waals surface area contributed by atoms with Gasteiger partial charge in [0.05, 0.1) is 17.2 Å². The van der Waals surface area contributed by atoms with Gasteiger partial charge in [-0.3, -0.25) is 28.4 Å². The number of fused-ring (bicyclic) bond motifs is 3. The molecule has 0 saturated carbocycles. The molecule has 0 saturated heterocycles. The molecule has 0 bridgehead atoms. The molecule has 0 heterocycles. The average molecular weight is 577 g/mol. The first-order chi connectivity index (χ1) is 17.2. The number of primary amides is 1. The summed E-state index contributed by atoms with van der Waals surface area (Å²) in [5.41, 5.74) is -1.21. The normalized spacial score (nSPS) is 30.8. The summed E-state index contributed by atoms with van der Waals surface area (Å²) in [7, 11) is -1.64. The number of rotatable bonds is 2. The number of phenolic OH excluding ortho intramolecular Hbond substituents is 1. The summed E-state index contributed by atoms with van der Waals surface area (Å²) < 4.78 is 31.6. The van der Waals surface area contributed by atoms with E-state index in [0.717, 1.165) is 6.07 Å². The summed E-state index contributed by atoms with van der Waals surface area (Å²) in [4.78, 5) is 40.0. The monoisotopic (exact) mass is 576 g/mol. The number of benzene rings is 1. The van der Waals surface area contributed by atoms with Crippen molar-refractivity contribution in [2.45, 2.75) is 30.6 Å². The number of aliphatic hydroxyl groups is 4. The Morgan fingerprint density at radius 3 is 2.13 bits per heavy atom. The quantitative estimate of drug-likeness (QED) is 0.167. The van der Waals surface area contributed by atoms with Gasteiger partial charge in [0.2, 0.25) is 5.78 Å². The molecule has 0 fully saturated rings. The number of aromatic hydroxyl groups is 1. The number of hydrogen-bond donors (Lipinski definition) is 8. The average Bonchev–Trinajstić information content (AvgIpc) is 2.74. The van der Waals surface area contributed by atoms with Crippen molar-refractivity contribution in [1.82, 2.24) is 4.90 Å². The number of halogens is 1. The van der Waals surface area contributed by atoms with Gasteiger partial charge in [0.25, 0.3) is 5.91 Å². The number of carbonyl (C=O) groups is 3. The van der Waals surface area contributed by atoms with Crippen LogP contribution in [0.3, 0.4) is 0 Å². The summed E-state index contributed by atoms with van der Waals surface area (Å²) in [5, 5.41) is 55.3. The number of ketones is 2. The number of carbonyl (C=O) groups excluding carboxylic acids is 3. The molecule has 208 valence electrons. The fourth-order valence-corrected chi connectivity index (χ4v) is 5.93. The van der Waals surface area contributed by atoms with Crippen LogP contribution in [0.1, 0.15) is 29.3 Å². The maximum Gasteiger partial charge on any atom is 0.394 e. The molecule has 16 heteroatoms. The van der Waals surface area contributed by atoms with Crippen LogP contribution in [0, 0.1) is 11.8 Å². The van der Waals surface area contributed by atoms with E-state index in [-0.39, 0.29) is 22.6 Å². The Bertz CT molecular complexity index is 1420. The third kappa shape index (κ3) is 4.35. The lowest BCUT2D eigenvalue weighted by atomic mass is 9.55. The van der Waals surface area contributed by atoms with Crippen LogP contribution in [-0.4, -0.2) is 91.2 Å². The molecule has 4 rings (SSSR count). The van der Waals surface area contributed by atoms with Gasteiger partial charge >= 0.3 is 10.4 Å². The summed E-state index contributed by atoms with van der Waals surface area (Å²) >= 11 is 6.26. The number of aliphatic hydroxyl groups excluding tert-OH is 2. The van der Waals surface area contributed by atoms with Gasteiger partial charge in [0, 0.05) is 28.0 Å². The number of nitrogens with two attached hydrogens (primary N) is 1. The van der Waals surface area contributed by atoms with E-state index >= 15 is 0 Å². The SMILES string of the molecule is CN(C)[C@@H]1C(O)=C(C(N)=O)C(=O)[C@@]2(O)C(O)=C3C(=O)c4c(O)ccc(Cl)c4[C@@](C)(O)[C@H]3C[C@@H]12.O=S(=O)(O)O. The van der Waals surface area contributed by atoms with E-state index in [1.165, 1.54) is 32.0 Å². The molecule has 3 aliphatic rings. The van der Waals surface area contributed by atoms with Gasteiger partial charge in [-0.15, -0.1) is 0 Å². The van der Waals surface area contributed by atoms with Crippen LogP contribution in [0.5, 0.6) is 5.75 Å². The molecule has 0 radical (unpaired) electrons. The zero-order chi connectivity index (χ0) is 29.3. The van der Waals surface area contributed by atoms with Crippen molar-refractivity contribution in [2.24, 2.45) is 17.6 Å². The summed E-state index contributed by atoms with van der Waals surface area (Å²) in [6.07, 6.45) is -0.259. The third-order valence-corrected chi connectivity index (χ3v) is 7.39. The first-order valence-corrected chi connectivity index (χ1v) is 12.5. The highest BCUT2D eigenvalue weighted by molar-refractivity contribution is 7.79. The maximum absolute atomic E-state index is 13.4. The fourth-order valence-electron chi connectivity index (χ4n) is 5.59. The standard InChI is InChI=1S/C22H23ClN2O8.H2O4S/c1-21(32)7-6-8-15(25(2)3)17(28)13(20(24)31)19(30)22(8,33)18(29)11(7)16(27)12-10(26)5-4-9(23)14(12)21;1-5(2,3)4/h4-5,7-8,15,26,28-29,32-33H,6H2,1-3H3,(H2,24,31);(H2,1,2,3,4)/t7-,8-,15-,21-,22-;/m0./s1. The first-order valence-electron chi connectivity index (χ1n) is 10.8. The molecule has 38 heavy (non-hydrogen) atoms. The van der Waals surface area contributed by atoms with E-state index in [1.807, 2.05) is 0 Å². The Hall–Kier alpha value is -3.05. The van der Waals surface area contributed by atoms with Crippen molar-refractivity contribution in [3.05, 3.63) is 50.9 Å². The predicted molar refractivity (Wildman–Crippen MR) is 129 cm³/mol. The Morgan fingerprint density at radius 1 is 1.13 bits per heavy atom. The zero-order valence-electron chi connectivity index (χ0n) is 20.1. The number of nitrogens with zero attached hydrogens (tertiary/aromatic N) is 1. The van der Waals surface area contributed by atoms with Crippen molar-refractivity contribution >= 4 is 39.5 Å². The summed E-state index contributed by atoms with van der Waals surface area (Å²) in [5.74, 6) is -8.29. The van der Waals surface area contributed by atoms with Gasteiger partial charge in [0.15, 0.2) is 11.4 Å². The Kier molecular flexibility index (Phi) is 7.22. The minimum atomic E-state index is -4.67. The highest BCUT2D eigenvalue weighted by atomic mass is 35.5. The molecule has 0 aliphatic heterocycles. The lowest BCUT2D eigenvalue weighted by Crippen LogP contribution is -2.65. The molecule has 0 spiro atoms. The second-order valence-corrected chi connectivity index (χ2v) is 10.8. The second kappa shape index (κ2) is 9.30. The van der Waals surface area contributed by atoms with Crippen LogP contribution in [0.15, 0.2) is 34.8 Å². The Balaban J connectivity index is 0.000000732. The smallest absolute Gasteiger partial charge is 0.394 e. The van der Waals surface area contributed by atoms with Crippen molar-refractivity contribution in [3.8, 4) is 5.75 Å². The van der Waals surface area contributed by atoms with Crippen LogP contribution in [-0.2, 0) is 25.6 Å². The topological polar surface area (TPSA) is 256 Å². The van der Waals surface area contributed by atoms with Gasteiger partial charge in [0.1, 0.15) is 22.8 Å². The lowest BCUT2D eigenvalue weighted by molar-refractivity contribution is -0.151. The van der Waals surface area contributed by atoms with Crippen molar-refractivity contribution in [2.75, 3.05) is 14.1 Å². The van der Waals surface area contributed by atoms with Crippen molar-refractivity contribution in [3.63, 3.8) is 0 Å². The highest BCUT2D eigenvalue weighted by Gasteiger charge is 2.65. The largest absolute Gasteiger partial charge is 0.510 e. The van der Waals surface area contributed by atoms with Gasteiger partial charge < -0.3 is 31.3 Å². The fraction of sp³-hybridized carbons (Fsp3) is 0.409. The molecule has 0 unspecified atom stereocenters. The van der Waals surface area contributed by atoms with Crippen LogP contribution in [0.4, 0.5) is 0 Å². The molecule has 1 aromatic rings. The van der Waals surface area contributed by atoms with Crippen LogP contribution >= 0.6 is 11.6 Å². The van der Waals surface area contributed by atoms with Gasteiger partial charge in [-0.1, -0.05) is 11.6 Å². The Morgan fingerprint density at radius 2 is 1.66 bits per heavy atom. The highest BCUT2D eigenvalue weighted by Crippen LogP contribution is 2.57. The van der Waals surface area contributed by atoms with Crippen molar-refractivity contribution in [1.29, 1.82) is 0 Å².